The Hall–Kier alpha value is -1.23. The van der Waals surface area contributed by atoms with Gasteiger partial charge >= 0.3 is 5.97 Å². The van der Waals surface area contributed by atoms with Crippen LogP contribution < -0.4 is 9.47 Å². The van der Waals surface area contributed by atoms with Crippen LogP contribution in [0.3, 0.4) is 0 Å². The van der Waals surface area contributed by atoms with Crippen molar-refractivity contribution in [3.8, 4) is 10.8 Å². The molecule has 1 heterocycles. The molecule has 12 heavy (non-hydrogen) atoms. The summed E-state index contributed by atoms with van der Waals surface area (Å²) in [7, 11) is 2.91. The molecule has 1 rings (SSSR count). The third kappa shape index (κ3) is 1.50. The summed E-state index contributed by atoms with van der Waals surface area (Å²) < 4.78 is 9.70. The van der Waals surface area contributed by atoms with Crippen LogP contribution in [-0.4, -0.2) is 25.3 Å². The summed E-state index contributed by atoms with van der Waals surface area (Å²) in [5.41, 5.74) is 0. The Labute approximate surface area is 73.3 Å². The van der Waals surface area contributed by atoms with Gasteiger partial charge in [0, 0.05) is 6.07 Å². The first-order valence-corrected chi connectivity index (χ1v) is 3.95. The van der Waals surface area contributed by atoms with E-state index in [0.29, 0.717) is 10.8 Å². The maximum Gasteiger partial charge on any atom is 0.349 e. The molecule has 1 N–H and O–H groups in total. The molecule has 0 saturated heterocycles. The first-order valence-electron chi connectivity index (χ1n) is 3.14. The standard InChI is InChI=1S/C7H8O4S/c1-10-4-3-5(11-2)12-6(4)7(8)9/h3H,1-2H3,(H,8,9). The highest BCUT2D eigenvalue weighted by Gasteiger charge is 2.15. The average Bonchev–Trinajstić information content (AvgIpc) is 2.47. The maximum absolute atomic E-state index is 10.6. The van der Waals surface area contributed by atoms with Crippen molar-refractivity contribution in [3.63, 3.8) is 0 Å². The Morgan fingerprint density at radius 3 is 2.50 bits per heavy atom. The van der Waals surface area contributed by atoms with Gasteiger partial charge in [0.2, 0.25) is 0 Å². The monoisotopic (exact) mass is 188 g/mol. The molecular formula is C7H8O4S. The number of hydrogen-bond donors (Lipinski definition) is 1. The molecule has 0 spiro atoms. The molecule has 0 aliphatic carbocycles. The molecule has 0 fully saturated rings. The zero-order valence-electron chi connectivity index (χ0n) is 6.66. The highest BCUT2D eigenvalue weighted by Crippen LogP contribution is 2.34. The average molecular weight is 188 g/mol. The topological polar surface area (TPSA) is 55.8 Å². The molecular weight excluding hydrogens is 180 g/mol. The number of methoxy groups -OCH3 is 2. The minimum Gasteiger partial charge on any atom is -0.495 e. The van der Waals surface area contributed by atoms with Gasteiger partial charge in [-0.1, -0.05) is 11.3 Å². The van der Waals surface area contributed by atoms with Crippen LogP contribution in [0.1, 0.15) is 9.67 Å². The Morgan fingerprint density at radius 2 is 2.17 bits per heavy atom. The van der Waals surface area contributed by atoms with Crippen LogP contribution in [0.25, 0.3) is 0 Å². The Morgan fingerprint density at radius 1 is 1.50 bits per heavy atom. The van der Waals surface area contributed by atoms with E-state index in [1.54, 1.807) is 6.07 Å². The second-order valence-corrected chi connectivity index (χ2v) is 2.99. The van der Waals surface area contributed by atoms with Crippen LogP contribution in [0.2, 0.25) is 0 Å². The van der Waals surface area contributed by atoms with E-state index in [1.807, 2.05) is 0 Å². The van der Waals surface area contributed by atoms with Gasteiger partial charge < -0.3 is 14.6 Å². The van der Waals surface area contributed by atoms with E-state index in [-0.39, 0.29) is 4.88 Å². The normalized spacial score (nSPS) is 9.50. The molecule has 0 atom stereocenters. The fourth-order valence-electron chi connectivity index (χ4n) is 0.754. The second-order valence-electron chi connectivity index (χ2n) is 1.97. The summed E-state index contributed by atoms with van der Waals surface area (Å²) >= 11 is 1.05. The van der Waals surface area contributed by atoms with Crippen molar-refractivity contribution in [3.05, 3.63) is 10.9 Å². The summed E-state index contributed by atoms with van der Waals surface area (Å²) in [5, 5.41) is 9.21. The van der Waals surface area contributed by atoms with Crippen molar-refractivity contribution in [1.29, 1.82) is 0 Å². The van der Waals surface area contributed by atoms with Gasteiger partial charge in [-0.25, -0.2) is 4.79 Å². The Balaban J connectivity index is 3.08. The van der Waals surface area contributed by atoms with Crippen LogP contribution in [-0.2, 0) is 0 Å². The van der Waals surface area contributed by atoms with Gasteiger partial charge in [0.25, 0.3) is 0 Å². The number of carboxylic acid groups (broad SMARTS) is 1. The number of aromatic carboxylic acids is 1. The zero-order valence-corrected chi connectivity index (χ0v) is 7.47. The van der Waals surface area contributed by atoms with Crippen LogP contribution >= 0.6 is 11.3 Å². The summed E-state index contributed by atoms with van der Waals surface area (Å²) in [4.78, 5) is 10.7. The lowest BCUT2D eigenvalue weighted by atomic mass is 10.4. The molecule has 0 aromatic carbocycles. The zero-order chi connectivity index (χ0) is 9.14. The number of thiophene rings is 1. The first-order chi connectivity index (χ1) is 5.69. The van der Waals surface area contributed by atoms with E-state index in [1.165, 1.54) is 14.2 Å². The molecule has 0 bridgehead atoms. The van der Waals surface area contributed by atoms with Gasteiger partial charge in [-0.3, -0.25) is 0 Å². The van der Waals surface area contributed by atoms with E-state index in [2.05, 4.69) is 0 Å². The first kappa shape index (κ1) is 8.86. The highest BCUT2D eigenvalue weighted by molar-refractivity contribution is 7.16. The number of rotatable bonds is 3. The number of carboxylic acids is 1. The molecule has 4 nitrogen and oxygen atoms in total. The summed E-state index contributed by atoms with van der Waals surface area (Å²) in [5.74, 6) is -0.662. The summed E-state index contributed by atoms with van der Waals surface area (Å²) in [6.45, 7) is 0. The largest absolute Gasteiger partial charge is 0.495 e. The van der Waals surface area contributed by atoms with Crippen LogP contribution in [0.4, 0.5) is 0 Å². The van der Waals surface area contributed by atoms with E-state index < -0.39 is 5.97 Å². The quantitative estimate of drug-likeness (QED) is 0.780. The maximum atomic E-state index is 10.6. The molecule has 0 unspecified atom stereocenters. The van der Waals surface area contributed by atoms with Gasteiger partial charge in [-0.05, 0) is 0 Å². The van der Waals surface area contributed by atoms with Crippen molar-refractivity contribution < 1.29 is 19.4 Å². The molecule has 1 aromatic rings. The predicted molar refractivity (Wildman–Crippen MR) is 44.4 cm³/mol. The lowest BCUT2D eigenvalue weighted by Crippen LogP contribution is -1.94. The number of hydrogen-bond acceptors (Lipinski definition) is 4. The van der Waals surface area contributed by atoms with Gasteiger partial charge in [-0.2, -0.15) is 0 Å². The van der Waals surface area contributed by atoms with Crippen LogP contribution in [0, 0.1) is 0 Å². The SMILES string of the molecule is COc1cc(OC)c(C(=O)O)s1. The van der Waals surface area contributed by atoms with E-state index in [4.69, 9.17) is 14.6 Å². The van der Waals surface area contributed by atoms with E-state index >= 15 is 0 Å². The number of carbonyl (C=O) groups is 1. The van der Waals surface area contributed by atoms with Crippen molar-refractivity contribution >= 4 is 17.3 Å². The lowest BCUT2D eigenvalue weighted by Gasteiger charge is -1.94. The molecule has 0 aliphatic heterocycles. The van der Waals surface area contributed by atoms with Gasteiger partial charge in [0.1, 0.15) is 5.75 Å². The van der Waals surface area contributed by atoms with E-state index in [9.17, 15) is 4.79 Å². The molecule has 5 heteroatoms. The fourth-order valence-corrected chi connectivity index (χ4v) is 1.53. The van der Waals surface area contributed by atoms with Crippen LogP contribution in [0.15, 0.2) is 6.07 Å². The third-order valence-corrected chi connectivity index (χ3v) is 2.36. The fraction of sp³-hybridized carbons (Fsp3) is 0.286. The van der Waals surface area contributed by atoms with Gasteiger partial charge in [0.05, 0.1) is 14.2 Å². The minimum atomic E-state index is -1.000. The molecule has 0 aliphatic rings. The Bertz CT molecular complexity index is 292. The second kappa shape index (κ2) is 3.44. The highest BCUT2D eigenvalue weighted by atomic mass is 32.1. The van der Waals surface area contributed by atoms with Crippen molar-refractivity contribution in [2.24, 2.45) is 0 Å². The third-order valence-electron chi connectivity index (χ3n) is 1.29. The minimum absolute atomic E-state index is 0.161. The smallest absolute Gasteiger partial charge is 0.349 e. The molecule has 0 amide bonds. The van der Waals surface area contributed by atoms with Crippen molar-refractivity contribution in [2.75, 3.05) is 14.2 Å². The molecule has 66 valence electrons. The van der Waals surface area contributed by atoms with Gasteiger partial charge in [-0.15, -0.1) is 0 Å². The molecule has 0 saturated carbocycles. The van der Waals surface area contributed by atoms with Crippen molar-refractivity contribution in [1.82, 2.24) is 0 Å². The molecule has 0 radical (unpaired) electrons. The number of ether oxygens (including phenoxy) is 2. The summed E-state index contributed by atoms with van der Waals surface area (Å²) in [6, 6.07) is 1.55. The van der Waals surface area contributed by atoms with Crippen LogP contribution in [0.5, 0.6) is 10.8 Å². The van der Waals surface area contributed by atoms with Crippen molar-refractivity contribution in [2.45, 2.75) is 0 Å². The molecule has 1 aromatic heterocycles. The Kier molecular flexibility index (Phi) is 2.54. The van der Waals surface area contributed by atoms with E-state index in [0.717, 1.165) is 11.3 Å². The predicted octanol–water partition coefficient (Wildman–Crippen LogP) is 1.46. The lowest BCUT2D eigenvalue weighted by molar-refractivity contribution is 0.0699. The van der Waals surface area contributed by atoms with Gasteiger partial charge in [0.15, 0.2) is 9.94 Å². The summed E-state index contributed by atoms with van der Waals surface area (Å²) in [6.07, 6.45) is 0.